The predicted octanol–water partition coefficient (Wildman–Crippen LogP) is 3.29. The van der Waals surface area contributed by atoms with Crippen LogP contribution in [0.2, 0.25) is 0 Å². The first-order chi connectivity index (χ1) is 10.3. The molecular weight excluding hydrogens is 330 g/mol. The largest absolute Gasteiger partial charge is 0.365 e. The topological polar surface area (TPSA) is 75.9 Å². The highest BCUT2D eigenvalue weighted by Gasteiger charge is 2.06. The maximum absolute atomic E-state index is 5.43. The Morgan fingerprint density at radius 1 is 1.00 bits per heavy atom. The van der Waals surface area contributed by atoms with Crippen molar-refractivity contribution in [2.75, 3.05) is 10.7 Å². The van der Waals surface area contributed by atoms with Crippen molar-refractivity contribution in [1.82, 2.24) is 9.97 Å². The Kier molecular flexibility index (Phi) is 3.98. The molecule has 1 heterocycles. The molecule has 0 aliphatic heterocycles. The second-order valence-electron chi connectivity index (χ2n) is 4.54. The number of halogens is 1. The number of hydrazine groups is 1. The van der Waals surface area contributed by atoms with Gasteiger partial charge in [0.25, 0.3) is 0 Å². The minimum Gasteiger partial charge on any atom is -0.365 e. The summed E-state index contributed by atoms with van der Waals surface area (Å²) in [5.41, 5.74) is 4.51. The molecule has 0 unspecified atom stereocenters. The zero-order valence-electron chi connectivity index (χ0n) is 11.2. The van der Waals surface area contributed by atoms with E-state index in [4.69, 9.17) is 5.84 Å². The van der Waals surface area contributed by atoms with Crippen LogP contribution in [-0.2, 0) is 6.54 Å². The van der Waals surface area contributed by atoms with Gasteiger partial charge in [-0.3, -0.25) is 5.43 Å². The Hall–Kier alpha value is -2.18. The average Bonchev–Trinajstić information content (AvgIpc) is 2.53. The molecule has 0 aliphatic rings. The molecule has 6 heteroatoms. The van der Waals surface area contributed by atoms with Crippen LogP contribution in [-0.4, -0.2) is 9.97 Å². The molecule has 0 radical (unpaired) electrons. The Bertz CT molecular complexity index is 758. The number of nitrogens with two attached hydrogens (primary N) is 1. The smallest absolute Gasteiger partial charge is 0.239 e. The normalized spacial score (nSPS) is 10.6. The summed E-state index contributed by atoms with van der Waals surface area (Å²) in [6.07, 6.45) is 0. The number of benzene rings is 2. The molecule has 0 spiro atoms. The highest BCUT2D eigenvalue weighted by molar-refractivity contribution is 9.10. The lowest BCUT2D eigenvalue weighted by Crippen LogP contribution is -2.12. The van der Waals surface area contributed by atoms with E-state index in [9.17, 15) is 0 Å². The second-order valence-corrected chi connectivity index (χ2v) is 5.45. The van der Waals surface area contributed by atoms with E-state index in [0.717, 1.165) is 21.2 Å². The van der Waals surface area contributed by atoms with Gasteiger partial charge in [-0.05, 0) is 29.8 Å². The van der Waals surface area contributed by atoms with Crippen LogP contribution in [0.25, 0.3) is 10.9 Å². The Morgan fingerprint density at radius 2 is 1.76 bits per heavy atom. The molecule has 0 aliphatic carbocycles. The molecular formula is C15H14BrN5. The summed E-state index contributed by atoms with van der Waals surface area (Å²) < 4.78 is 1.06. The Morgan fingerprint density at radius 3 is 2.52 bits per heavy atom. The average molecular weight is 344 g/mol. The first kappa shape index (κ1) is 13.8. The molecule has 4 N–H and O–H groups in total. The summed E-state index contributed by atoms with van der Waals surface area (Å²) in [5.74, 6) is 6.58. The summed E-state index contributed by atoms with van der Waals surface area (Å²) >= 11 is 3.43. The molecule has 0 saturated heterocycles. The fraction of sp³-hybridized carbons (Fsp3) is 0.0667. The van der Waals surface area contributed by atoms with Crippen LogP contribution in [0.4, 0.5) is 11.8 Å². The minimum atomic E-state index is 0.395. The number of nitrogens with zero attached hydrogens (tertiary/aromatic N) is 2. The number of rotatable bonds is 4. The van der Waals surface area contributed by atoms with Gasteiger partial charge >= 0.3 is 0 Å². The van der Waals surface area contributed by atoms with E-state index in [0.29, 0.717) is 12.5 Å². The molecule has 5 nitrogen and oxygen atoms in total. The third-order valence-electron chi connectivity index (χ3n) is 3.11. The van der Waals surface area contributed by atoms with Crippen molar-refractivity contribution in [1.29, 1.82) is 0 Å². The van der Waals surface area contributed by atoms with Crippen molar-refractivity contribution < 1.29 is 0 Å². The van der Waals surface area contributed by atoms with Crippen molar-refractivity contribution in [2.45, 2.75) is 6.54 Å². The van der Waals surface area contributed by atoms with E-state index in [-0.39, 0.29) is 0 Å². The van der Waals surface area contributed by atoms with Crippen molar-refractivity contribution in [3.8, 4) is 0 Å². The SMILES string of the molecule is NNc1nc(NCc2ccc(Br)cc2)c2ccccc2n1. The molecule has 21 heavy (non-hydrogen) atoms. The van der Waals surface area contributed by atoms with Crippen LogP contribution in [0.15, 0.2) is 53.0 Å². The van der Waals surface area contributed by atoms with Gasteiger partial charge in [0.2, 0.25) is 5.95 Å². The highest BCUT2D eigenvalue weighted by atomic mass is 79.9. The zero-order chi connectivity index (χ0) is 14.7. The molecule has 2 aromatic carbocycles. The predicted molar refractivity (Wildman–Crippen MR) is 88.8 cm³/mol. The van der Waals surface area contributed by atoms with Crippen molar-refractivity contribution in [3.05, 3.63) is 58.6 Å². The van der Waals surface area contributed by atoms with E-state index in [1.807, 2.05) is 36.4 Å². The molecule has 3 aromatic rings. The van der Waals surface area contributed by atoms with Gasteiger partial charge in [0.15, 0.2) is 0 Å². The Labute approximate surface area is 130 Å². The van der Waals surface area contributed by atoms with E-state index >= 15 is 0 Å². The molecule has 1 aromatic heterocycles. The molecule has 106 valence electrons. The van der Waals surface area contributed by atoms with Crippen LogP contribution in [0.1, 0.15) is 5.56 Å². The van der Waals surface area contributed by atoms with Crippen molar-refractivity contribution in [2.24, 2.45) is 5.84 Å². The molecule has 3 rings (SSSR count). The summed E-state index contributed by atoms with van der Waals surface area (Å²) in [6.45, 7) is 0.679. The van der Waals surface area contributed by atoms with Gasteiger partial charge in [-0.2, -0.15) is 4.98 Å². The molecule has 0 amide bonds. The van der Waals surface area contributed by atoms with Gasteiger partial charge < -0.3 is 5.32 Å². The standard InChI is InChI=1S/C15H14BrN5/c16-11-7-5-10(6-8-11)9-18-14-12-3-1-2-4-13(12)19-15(20-14)21-17/h1-8H,9,17H2,(H2,18,19,20,21). The number of hydrogen-bond acceptors (Lipinski definition) is 5. The Balaban J connectivity index is 1.90. The third kappa shape index (κ3) is 3.12. The van der Waals surface area contributed by atoms with Crippen LogP contribution < -0.4 is 16.6 Å². The number of para-hydroxylation sites is 1. The number of fused-ring (bicyclic) bond motifs is 1. The van der Waals surface area contributed by atoms with E-state index in [1.165, 1.54) is 5.56 Å². The number of aromatic nitrogens is 2. The maximum atomic E-state index is 5.43. The lowest BCUT2D eigenvalue weighted by Gasteiger charge is -2.10. The summed E-state index contributed by atoms with van der Waals surface area (Å²) in [7, 11) is 0. The van der Waals surface area contributed by atoms with Gasteiger partial charge in [0.05, 0.1) is 5.52 Å². The molecule has 0 bridgehead atoms. The van der Waals surface area contributed by atoms with Gasteiger partial charge in [-0.25, -0.2) is 10.8 Å². The van der Waals surface area contributed by atoms with Crippen molar-refractivity contribution >= 4 is 38.6 Å². The van der Waals surface area contributed by atoms with E-state index in [2.05, 4.69) is 48.8 Å². The molecule has 0 atom stereocenters. The highest BCUT2D eigenvalue weighted by Crippen LogP contribution is 2.22. The summed E-state index contributed by atoms with van der Waals surface area (Å²) in [4.78, 5) is 8.71. The van der Waals surface area contributed by atoms with Crippen LogP contribution in [0.5, 0.6) is 0 Å². The summed E-state index contributed by atoms with van der Waals surface area (Å²) in [5, 5.41) is 4.30. The van der Waals surface area contributed by atoms with Crippen LogP contribution in [0.3, 0.4) is 0 Å². The number of nitrogens with one attached hydrogen (secondary N) is 2. The summed E-state index contributed by atoms with van der Waals surface area (Å²) in [6, 6.07) is 16.0. The van der Waals surface area contributed by atoms with Gasteiger partial charge in [-0.1, -0.05) is 40.2 Å². The van der Waals surface area contributed by atoms with Gasteiger partial charge in [-0.15, -0.1) is 0 Å². The lowest BCUT2D eigenvalue weighted by molar-refractivity contribution is 1.09. The number of anilines is 2. The van der Waals surface area contributed by atoms with Crippen molar-refractivity contribution in [3.63, 3.8) is 0 Å². The van der Waals surface area contributed by atoms with Gasteiger partial charge in [0, 0.05) is 16.4 Å². The number of hydrogen-bond donors (Lipinski definition) is 3. The third-order valence-corrected chi connectivity index (χ3v) is 3.63. The lowest BCUT2D eigenvalue weighted by atomic mass is 10.2. The zero-order valence-corrected chi connectivity index (χ0v) is 12.8. The number of nitrogen functional groups attached to an aromatic ring is 1. The first-order valence-corrected chi connectivity index (χ1v) is 7.27. The van der Waals surface area contributed by atoms with Gasteiger partial charge in [0.1, 0.15) is 5.82 Å². The fourth-order valence-electron chi connectivity index (χ4n) is 2.06. The minimum absolute atomic E-state index is 0.395. The molecule has 0 fully saturated rings. The van der Waals surface area contributed by atoms with Crippen LogP contribution in [0, 0.1) is 0 Å². The van der Waals surface area contributed by atoms with Crippen LogP contribution >= 0.6 is 15.9 Å². The van der Waals surface area contributed by atoms with E-state index in [1.54, 1.807) is 0 Å². The second kappa shape index (κ2) is 6.07. The molecule has 0 saturated carbocycles. The maximum Gasteiger partial charge on any atom is 0.239 e. The first-order valence-electron chi connectivity index (χ1n) is 6.48. The monoisotopic (exact) mass is 343 g/mol. The fourth-order valence-corrected chi connectivity index (χ4v) is 2.33. The van der Waals surface area contributed by atoms with E-state index < -0.39 is 0 Å². The quantitative estimate of drug-likeness (QED) is 0.500.